The maximum Gasteiger partial charge on any atom is 0.228 e. The van der Waals surface area contributed by atoms with Crippen LogP contribution in [-0.2, 0) is 11.2 Å². The Morgan fingerprint density at radius 1 is 1.33 bits per heavy atom. The monoisotopic (exact) mass is 325 g/mol. The number of amides is 1. The summed E-state index contributed by atoms with van der Waals surface area (Å²) in [5.41, 5.74) is 1.87. The number of para-hydroxylation sites is 1. The van der Waals surface area contributed by atoms with E-state index in [4.69, 9.17) is 4.74 Å². The molecular weight excluding hydrogens is 302 g/mol. The molecule has 126 valence electrons. The van der Waals surface area contributed by atoms with Crippen LogP contribution in [0.15, 0.2) is 42.9 Å². The largest absolute Gasteiger partial charge is 0.493 e. The van der Waals surface area contributed by atoms with Crippen molar-refractivity contribution in [3.8, 4) is 5.75 Å². The minimum atomic E-state index is 0.121. The highest BCUT2D eigenvalue weighted by Crippen LogP contribution is 2.21. The van der Waals surface area contributed by atoms with Gasteiger partial charge in [0.2, 0.25) is 5.91 Å². The fourth-order valence-electron chi connectivity index (χ4n) is 3.04. The van der Waals surface area contributed by atoms with Crippen molar-refractivity contribution in [2.24, 2.45) is 5.92 Å². The van der Waals surface area contributed by atoms with E-state index in [0.717, 1.165) is 42.9 Å². The van der Waals surface area contributed by atoms with Crippen LogP contribution in [0.5, 0.6) is 5.75 Å². The number of nitrogens with zero attached hydrogens (tertiary/aromatic N) is 3. The second-order valence-corrected chi connectivity index (χ2v) is 6.30. The molecule has 1 aromatic heterocycles. The summed E-state index contributed by atoms with van der Waals surface area (Å²) in [6.07, 6.45) is 7.33. The molecule has 3 rings (SSSR count). The molecule has 24 heavy (non-hydrogen) atoms. The van der Waals surface area contributed by atoms with E-state index in [9.17, 15) is 4.79 Å². The standard InChI is InChI=1S/C19H23N3O2/c1-15-5-2-3-7-18(15)24-14-16-6-4-10-22(13-16)19(23)11-17-12-20-8-9-21-17/h2-3,5,7-9,12,16H,4,6,10-11,13-14H2,1H3/t16-/m0/s1. The first-order valence-electron chi connectivity index (χ1n) is 8.43. The highest BCUT2D eigenvalue weighted by Gasteiger charge is 2.24. The third-order valence-corrected chi connectivity index (χ3v) is 4.39. The van der Waals surface area contributed by atoms with E-state index < -0.39 is 0 Å². The zero-order chi connectivity index (χ0) is 16.8. The Morgan fingerprint density at radius 3 is 3.00 bits per heavy atom. The summed E-state index contributed by atoms with van der Waals surface area (Å²) in [7, 11) is 0. The van der Waals surface area contributed by atoms with Gasteiger partial charge in [0.1, 0.15) is 5.75 Å². The average molecular weight is 325 g/mol. The average Bonchev–Trinajstić information content (AvgIpc) is 2.62. The zero-order valence-electron chi connectivity index (χ0n) is 14.0. The summed E-state index contributed by atoms with van der Waals surface area (Å²) < 4.78 is 5.96. The molecule has 5 heteroatoms. The minimum Gasteiger partial charge on any atom is -0.493 e. The molecule has 0 bridgehead atoms. The number of aromatic nitrogens is 2. The van der Waals surface area contributed by atoms with Crippen LogP contribution in [0.4, 0.5) is 0 Å². The molecule has 0 saturated carbocycles. The quantitative estimate of drug-likeness (QED) is 0.848. The number of piperidine rings is 1. The molecule has 5 nitrogen and oxygen atoms in total. The fourth-order valence-corrected chi connectivity index (χ4v) is 3.04. The van der Waals surface area contributed by atoms with Gasteiger partial charge in [-0.05, 0) is 31.4 Å². The van der Waals surface area contributed by atoms with Crippen molar-refractivity contribution in [2.75, 3.05) is 19.7 Å². The number of hydrogen-bond donors (Lipinski definition) is 0. The van der Waals surface area contributed by atoms with E-state index >= 15 is 0 Å². The first-order chi connectivity index (χ1) is 11.7. The highest BCUT2D eigenvalue weighted by atomic mass is 16.5. The number of carbonyl (C=O) groups excluding carboxylic acids is 1. The molecule has 1 saturated heterocycles. The van der Waals surface area contributed by atoms with Gasteiger partial charge in [-0.3, -0.25) is 14.8 Å². The molecule has 1 amide bonds. The van der Waals surface area contributed by atoms with Crippen LogP contribution >= 0.6 is 0 Å². The van der Waals surface area contributed by atoms with Crippen molar-refractivity contribution in [2.45, 2.75) is 26.2 Å². The predicted molar refractivity (Wildman–Crippen MR) is 91.7 cm³/mol. The van der Waals surface area contributed by atoms with Crippen LogP contribution < -0.4 is 4.74 Å². The van der Waals surface area contributed by atoms with Gasteiger partial charge in [-0.1, -0.05) is 18.2 Å². The molecule has 1 aromatic carbocycles. The van der Waals surface area contributed by atoms with Crippen LogP contribution in [0, 0.1) is 12.8 Å². The molecule has 0 aliphatic carbocycles. The molecule has 0 radical (unpaired) electrons. The first kappa shape index (κ1) is 16.4. The van der Waals surface area contributed by atoms with Crippen molar-refractivity contribution < 1.29 is 9.53 Å². The summed E-state index contributed by atoms with van der Waals surface area (Å²) in [5, 5.41) is 0. The van der Waals surface area contributed by atoms with E-state index in [0.29, 0.717) is 18.9 Å². The van der Waals surface area contributed by atoms with Crippen molar-refractivity contribution in [1.29, 1.82) is 0 Å². The van der Waals surface area contributed by atoms with E-state index in [1.807, 2.05) is 36.1 Å². The molecule has 0 unspecified atom stereocenters. The fraction of sp³-hybridized carbons (Fsp3) is 0.421. The van der Waals surface area contributed by atoms with E-state index in [1.165, 1.54) is 0 Å². The lowest BCUT2D eigenvalue weighted by Crippen LogP contribution is -2.42. The maximum absolute atomic E-state index is 12.5. The maximum atomic E-state index is 12.5. The first-order valence-corrected chi connectivity index (χ1v) is 8.43. The number of ether oxygens (including phenoxy) is 1. The molecule has 0 N–H and O–H groups in total. The lowest BCUT2D eigenvalue weighted by molar-refractivity contribution is -0.132. The number of likely N-dealkylation sites (tertiary alicyclic amines) is 1. The molecule has 1 aliphatic heterocycles. The van der Waals surface area contributed by atoms with Crippen LogP contribution in [0.25, 0.3) is 0 Å². The molecule has 2 heterocycles. The van der Waals surface area contributed by atoms with Crippen molar-refractivity contribution >= 4 is 5.91 Å². The Hall–Kier alpha value is -2.43. The summed E-state index contributed by atoms with van der Waals surface area (Å²) in [6.45, 7) is 4.28. The van der Waals surface area contributed by atoms with Crippen molar-refractivity contribution in [3.05, 3.63) is 54.1 Å². The van der Waals surface area contributed by atoms with Gasteiger partial charge in [-0.25, -0.2) is 0 Å². The number of aryl methyl sites for hydroxylation is 1. The topological polar surface area (TPSA) is 55.3 Å². The third kappa shape index (κ3) is 4.31. The lowest BCUT2D eigenvalue weighted by atomic mass is 9.98. The van der Waals surface area contributed by atoms with E-state index in [2.05, 4.69) is 9.97 Å². The minimum absolute atomic E-state index is 0.121. The molecule has 1 atom stereocenters. The van der Waals surface area contributed by atoms with Gasteiger partial charge in [0, 0.05) is 37.6 Å². The Labute approximate surface area is 142 Å². The Morgan fingerprint density at radius 2 is 2.21 bits per heavy atom. The molecule has 1 fully saturated rings. The highest BCUT2D eigenvalue weighted by molar-refractivity contribution is 5.78. The number of benzene rings is 1. The summed E-state index contributed by atoms with van der Waals surface area (Å²) in [6, 6.07) is 8.04. The Kier molecular flexibility index (Phi) is 5.41. The van der Waals surface area contributed by atoms with Gasteiger partial charge < -0.3 is 9.64 Å². The summed E-state index contributed by atoms with van der Waals surface area (Å²) >= 11 is 0. The van der Waals surface area contributed by atoms with Gasteiger partial charge in [0.25, 0.3) is 0 Å². The van der Waals surface area contributed by atoms with Gasteiger partial charge >= 0.3 is 0 Å². The predicted octanol–water partition coefficient (Wildman–Crippen LogP) is 2.65. The zero-order valence-corrected chi connectivity index (χ0v) is 14.0. The Bertz CT molecular complexity index is 675. The van der Waals surface area contributed by atoms with E-state index in [1.54, 1.807) is 18.6 Å². The normalized spacial score (nSPS) is 17.5. The number of rotatable bonds is 5. The van der Waals surface area contributed by atoms with Gasteiger partial charge in [-0.2, -0.15) is 0 Å². The molecule has 1 aliphatic rings. The van der Waals surface area contributed by atoms with E-state index in [-0.39, 0.29) is 5.91 Å². The van der Waals surface area contributed by atoms with Crippen LogP contribution in [0.2, 0.25) is 0 Å². The Balaban J connectivity index is 1.52. The van der Waals surface area contributed by atoms with Crippen molar-refractivity contribution in [1.82, 2.24) is 14.9 Å². The molecule has 2 aromatic rings. The molecule has 0 spiro atoms. The summed E-state index contributed by atoms with van der Waals surface area (Å²) in [4.78, 5) is 22.6. The molecular formula is C19H23N3O2. The number of carbonyl (C=O) groups is 1. The van der Waals surface area contributed by atoms with Crippen molar-refractivity contribution in [3.63, 3.8) is 0 Å². The smallest absolute Gasteiger partial charge is 0.228 e. The van der Waals surface area contributed by atoms with Gasteiger partial charge in [0.05, 0.1) is 18.7 Å². The van der Waals surface area contributed by atoms with Gasteiger partial charge in [0.15, 0.2) is 0 Å². The second kappa shape index (κ2) is 7.90. The van der Waals surface area contributed by atoms with Crippen LogP contribution in [-0.4, -0.2) is 40.5 Å². The number of hydrogen-bond acceptors (Lipinski definition) is 4. The van der Waals surface area contributed by atoms with Gasteiger partial charge in [-0.15, -0.1) is 0 Å². The van der Waals surface area contributed by atoms with Crippen LogP contribution in [0.1, 0.15) is 24.1 Å². The SMILES string of the molecule is Cc1ccccc1OC[C@H]1CCCN(C(=O)Cc2cnccn2)C1. The second-order valence-electron chi connectivity index (χ2n) is 6.30. The summed E-state index contributed by atoms with van der Waals surface area (Å²) in [5.74, 6) is 1.43. The van der Waals surface area contributed by atoms with Crippen LogP contribution in [0.3, 0.4) is 0 Å². The lowest BCUT2D eigenvalue weighted by Gasteiger charge is -2.32. The third-order valence-electron chi connectivity index (χ3n) is 4.39.